The maximum Gasteiger partial charge on any atom is 0.137 e. The Hall–Kier alpha value is -6.52. The molecule has 0 saturated heterocycles. The Kier molecular flexibility index (Phi) is 7.44. The molecule has 0 aliphatic rings. The second-order valence-corrected chi connectivity index (χ2v) is 13.3. The Balaban J connectivity index is 1.44. The molecule has 7 aromatic carbocycles. The number of rotatable bonds is 6. The largest absolute Gasteiger partial charge is 0.294 e. The number of fused-ring (bicyclic) bond motifs is 4. The number of anilines is 6. The second kappa shape index (κ2) is 12.4. The summed E-state index contributed by atoms with van der Waals surface area (Å²) >= 11 is 0. The zero-order chi connectivity index (χ0) is 34.5. The molecule has 0 radical (unpaired) electrons. The standard InChI is InChI=1S/C47H36N4/c1-31-18-23-40-41(26-31)47(51(45-17-9-11-25-49-45)39-22-20-35-13-5-7-15-37(35)30-39)43-28-33(3)32(2)27-42(43)46(40)50(44-16-8-10-24-48-44)38-21-19-34-12-4-6-14-36(34)29-38/h4-30H,1-3H3. The van der Waals surface area contributed by atoms with E-state index >= 15 is 0 Å². The number of benzene rings is 7. The molecule has 0 amide bonds. The van der Waals surface area contributed by atoms with Crippen molar-refractivity contribution in [1.29, 1.82) is 0 Å². The molecule has 0 aliphatic heterocycles. The molecule has 0 atom stereocenters. The predicted molar refractivity (Wildman–Crippen MR) is 216 cm³/mol. The van der Waals surface area contributed by atoms with Crippen LogP contribution in [0.3, 0.4) is 0 Å². The fourth-order valence-electron chi connectivity index (χ4n) is 7.40. The lowest BCUT2D eigenvalue weighted by Crippen LogP contribution is -2.16. The molecule has 0 fully saturated rings. The third-order valence-corrected chi connectivity index (χ3v) is 10.0. The van der Waals surface area contributed by atoms with Crippen LogP contribution in [-0.2, 0) is 0 Å². The lowest BCUT2D eigenvalue weighted by atomic mass is 9.92. The van der Waals surface area contributed by atoms with E-state index in [9.17, 15) is 0 Å². The van der Waals surface area contributed by atoms with Crippen molar-refractivity contribution in [2.24, 2.45) is 0 Å². The summed E-state index contributed by atoms with van der Waals surface area (Å²) in [5.74, 6) is 1.72. The van der Waals surface area contributed by atoms with Crippen LogP contribution in [0.1, 0.15) is 16.7 Å². The first-order chi connectivity index (χ1) is 25.0. The van der Waals surface area contributed by atoms with Gasteiger partial charge in [0.1, 0.15) is 11.6 Å². The summed E-state index contributed by atoms with van der Waals surface area (Å²) in [5, 5.41) is 9.33. The lowest BCUT2D eigenvalue weighted by molar-refractivity contribution is 1.18. The molecule has 9 aromatic rings. The highest BCUT2D eigenvalue weighted by Gasteiger charge is 2.27. The molecule has 0 spiro atoms. The molecule has 51 heavy (non-hydrogen) atoms. The van der Waals surface area contributed by atoms with Crippen LogP contribution < -0.4 is 9.80 Å². The van der Waals surface area contributed by atoms with Crippen molar-refractivity contribution >= 4 is 77.5 Å². The van der Waals surface area contributed by atoms with Gasteiger partial charge in [0.05, 0.1) is 11.4 Å². The number of aromatic nitrogens is 2. The van der Waals surface area contributed by atoms with Gasteiger partial charge in [0.15, 0.2) is 0 Å². The van der Waals surface area contributed by atoms with E-state index in [4.69, 9.17) is 9.97 Å². The Morgan fingerprint density at radius 3 is 1.31 bits per heavy atom. The number of pyridine rings is 2. The van der Waals surface area contributed by atoms with E-state index in [1.807, 2.05) is 24.5 Å². The van der Waals surface area contributed by atoms with E-state index in [2.05, 4.69) is 170 Å². The van der Waals surface area contributed by atoms with Crippen LogP contribution >= 0.6 is 0 Å². The minimum absolute atomic E-state index is 0.859. The fourth-order valence-corrected chi connectivity index (χ4v) is 7.40. The summed E-state index contributed by atoms with van der Waals surface area (Å²) in [5.41, 5.74) is 7.96. The number of nitrogens with zero attached hydrogens (tertiary/aromatic N) is 4. The van der Waals surface area contributed by atoms with Gasteiger partial charge in [-0.25, -0.2) is 9.97 Å². The lowest BCUT2D eigenvalue weighted by Gasteiger charge is -2.32. The molecule has 2 heterocycles. The maximum atomic E-state index is 4.98. The van der Waals surface area contributed by atoms with Gasteiger partial charge in [-0.2, -0.15) is 0 Å². The Morgan fingerprint density at radius 2 is 0.824 bits per heavy atom. The van der Waals surface area contributed by atoms with Crippen molar-refractivity contribution in [3.8, 4) is 0 Å². The molecule has 0 unspecified atom stereocenters. The number of aryl methyl sites for hydroxylation is 3. The Bertz CT molecular complexity index is 2740. The summed E-state index contributed by atoms with van der Waals surface area (Å²) in [7, 11) is 0. The highest BCUT2D eigenvalue weighted by Crippen LogP contribution is 2.51. The molecular formula is C47H36N4. The molecule has 9 rings (SSSR count). The summed E-state index contributed by atoms with van der Waals surface area (Å²) in [6, 6.07) is 54.3. The molecule has 0 bridgehead atoms. The van der Waals surface area contributed by atoms with Crippen molar-refractivity contribution in [2.75, 3.05) is 9.80 Å². The molecule has 4 heteroatoms. The van der Waals surface area contributed by atoms with Gasteiger partial charge in [0, 0.05) is 45.3 Å². The van der Waals surface area contributed by atoms with Crippen LogP contribution in [0.25, 0.3) is 43.1 Å². The maximum absolute atomic E-state index is 4.98. The monoisotopic (exact) mass is 656 g/mol. The van der Waals surface area contributed by atoms with E-state index in [1.165, 1.54) is 38.2 Å². The van der Waals surface area contributed by atoms with E-state index in [0.29, 0.717) is 0 Å². The first kappa shape index (κ1) is 30.5. The SMILES string of the molecule is Cc1ccc2c(N(c3ccc4ccccc4c3)c3ccccn3)c3cc(C)c(C)cc3c(N(c3ccc4ccccc4c3)c3ccccn3)c2c1. The van der Waals surface area contributed by atoms with Gasteiger partial charge in [0.2, 0.25) is 0 Å². The van der Waals surface area contributed by atoms with Gasteiger partial charge in [0.25, 0.3) is 0 Å². The van der Waals surface area contributed by atoms with E-state index < -0.39 is 0 Å². The average molecular weight is 657 g/mol. The van der Waals surface area contributed by atoms with Crippen LogP contribution in [-0.4, -0.2) is 9.97 Å². The topological polar surface area (TPSA) is 32.3 Å². The van der Waals surface area contributed by atoms with Gasteiger partial charge in [-0.05, 0) is 120 Å². The third kappa shape index (κ3) is 5.33. The smallest absolute Gasteiger partial charge is 0.137 e. The first-order valence-electron chi connectivity index (χ1n) is 17.4. The van der Waals surface area contributed by atoms with E-state index in [-0.39, 0.29) is 0 Å². The average Bonchev–Trinajstić information content (AvgIpc) is 3.17. The summed E-state index contributed by atoms with van der Waals surface area (Å²) in [6.07, 6.45) is 3.76. The quantitative estimate of drug-likeness (QED) is 0.132. The van der Waals surface area contributed by atoms with E-state index in [1.54, 1.807) is 0 Å². The zero-order valence-corrected chi connectivity index (χ0v) is 28.9. The summed E-state index contributed by atoms with van der Waals surface area (Å²) < 4.78 is 0. The van der Waals surface area contributed by atoms with Crippen LogP contribution in [0, 0.1) is 20.8 Å². The normalized spacial score (nSPS) is 11.4. The highest BCUT2D eigenvalue weighted by molar-refractivity contribution is 6.23. The van der Waals surface area contributed by atoms with Gasteiger partial charge in [-0.3, -0.25) is 9.80 Å². The minimum atomic E-state index is 0.859. The van der Waals surface area contributed by atoms with Crippen molar-refractivity contribution in [3.63, 3.8) is 0 Å². The molecular weight excluding hydrogens is 621 g/mol. The van der Waals surface area contributed by atoms with Crippen molar-refractivity contribution in [2.45, 2.75) is 20.8 Å². The third-order valence-electron chi connectivity index (χ3n) is 10.0. The van der Waals surface area contributed by atoms with Crippen LogP contribution in [0.4, 0.5) is 34.4 Å². The van der Waals surface area contributed by atoms with Crippen LogP contribution in [0.15, 0.2) is 164 Å². The van der Waals surface area contributed by atoms with Crippen molar-refractivity contribution in [3.05, 3.63) is 181 Å². The van der Waals surface area contributed by atoms with Gasteiger partial charge < -0.3 is 0 Å². The fraction of sp³-hybridized carbons (Fsp3) is 0.0638. The van der Waals surface area contributed by atoms with E-state index in [0.717, 1.165) is 55.9 Å². The molecule has 244 valence electrons. The molecule has 0 aliphatic carbocycles. The van der Waals surface area contributed by atoms with Gasteiger partial charge >= 0.3 is 0 Å². The highest BCUT2D eigenvalue weighted by atomic mass is 15.2. The van der Waals surface area contributed by atoms with Crippen LogP contribution in [0.5, 0.6) is 0 Å². The summed E-state index contributed by atoms with van der Waals surface area (Å²) in [6.45, 7) is 6.59. The summed E-state index contributed by atoms with van der Waals surface area (Å²) in [4.78, 5) is 14.6. The molecule has 0 saturated carbocycles. The second-order valence-electron chi connectivity index (χ2n) is 13.3. The van der Waals surface area contributed by atoms with Crippen LogP contribution in [0.2, 0.25) is 0 Å². The first-order valence-corrected chi connectivity index (χ1v) is 17.4. The number of hydrogen-bond acceptors (Lipinski definition) is 4. The molecule has 4 nitrogen and oxygen atoms in total. The number of hydrogen-bond donors (Lipinski definition) is 0. The zero-order valence-electron chi connectivity index (χ0n) is 28.9. The molecule has 2 aromatic heterocycles. The molecule has 0 N–H and O–H groups in total. The Morgan fingerprint density at radius 1 is 0.373 bits per heavy atom. The predicted octanol–water partition coefficient (Wildman–Crippen LogP) is 13.0. The van der Waals surface area contributed by atoms with Gasteiger partial charge in [-0.1, -0.05) is 90.5 Å². The minimum Gasteiger partial charge on any atom is -0.294 e. The van der Waals surface area contributed by atoms with Gasteiger partial charge in [-0.15, -0.1) is 0 Å². The van der Waals surface area contributed by atoms with Crippen molar-refractivity contribution < 1.29 is 0 Å². The Labute approximate surface area is 297 Å². The van der Waals surface area contributed by atoms with Crippen molar-refractivity contribution in [1.82, 2.24) is 9.97 Å².